The summed E-state index contributed by atoms with van der Waals surface area (Å²) in [5.41, 5.74) is 0.309. The summed E-state index contributed by atoms with van der Waals surface area (Å²) in [7, 11) is -4.79. The normalized spacial score (nSPS) is 35.4. The number of allylic oxidation sites excluding steroid dienone is 2. The van der Waals surface area contributed by atoms with Crippen LogP contribution in [0.15, 0.2) is 23.9 Å². The van der Waals surface area contributed by atoms with Crippen molar-refractivity contribution in [1.29, 1.82) is 0 Å². The topological polar surface area (TPSA) is 166 Å². The smallest absolute Gasteiger partial charge is 0.388 e. The van der Waals surface area contributed by atoms with Crippen LogP contribution in [0.25, 0.3) is 0 Å². The number of carbonyl (C=O) groups excluding carboxylic acids is 2. The van der Waals surface area contributed by atoms with Gasteiger partial charge in [0.2, 0.25) is 5.91 Å². The van der Waals surface area contributed by atoms with Crippen LogP contribution in [0.4, 0.5) is 4.79 Å². The molecule has 138 valence electrons. The molecular formula is C13H17N2O9P. The number of ether oxygens (including phenoxy) is 1. The Morgan fingerprint density at radius 1 is 1.32 bits per heavy atom. The minimum atomic E-state index is -4.79. The highest BCUT2D eigenvalue weighted by Gasteiger charge is 2.52. The summed E-state index contributed by atoms with van der Waals surface area (Å²) in [6.07, 6.45) is -0.602. The van der Waals surface area contributed by atoms with Crippen molar-refractivity contribution in [2.24, 2.45) is 5.92 Å². The molecule has 0 aromatic carbocycles. The molecule has 5 atom stereocenters. The lowest BCUT2D eigenvalue weighted by Crippen LogP contribution is -2.57. The molecule has 3 aliphatic heterocycles. The van der Waals surface area contributed by atoms with E-state index in [-0.39, 0.29) is 6.54 Å². The number of carbonyl (C=O) groups is 2. The summed E-state index contributed by atoms with van der Waals surface area (Å²) >= 11 is 0. The highest BCUT2D eigenvalue weighted by atomic mass is 31.2. The second-order valence-corrected chi connectivity index (χ2v) is 7.05. The number of phosphoric acid groups is 1. The highest BCUT2D eigenvalue weighted by molar-refractivity contribution is 7.46. The van der Waals surface area contributed by atoms with Crippen LogP contribution in [0.2, 0.25) is 0 Å². The molecule has 0 spiro atoms. The maximum absolute atomic E-state index is 12.3. The van der Waals surface area contributed by atoms with Crippen LogP contribution in [0.3, 0.4) is 0 Å². The van der Waals surface area contributed by atoms with Gasteiger partial charge in [-0.3, -0.25) is 19.5 Å². The molecule has 0 radical (unpaired) electrons. The fourth-order valence-electron chi connectivity index (χ4n) is 3.06. The third kappa shape index (κ3) is 3.53. The lowest BCUT2D eigenvalue weighted by molar-refractivity contribution is -0.132. The van der Waals surface area contributed by atoms with E-state index >= 15 is 0 Å². The predicted molar refractivity (Wildman–Crippen MR) is 79.6 cm³/mol. The van der Waals surface area contributed by atoms with Crippen LogP contribution in [0.5, 0.6) is 0 Å². The van der Waals surface area contributed by atoms with Gasteiger partial charge in [0.15, 0.2) is 0 Å². The van der Waals surface area contributed by atoms with E-state index in [0.29, 0.717) is 5.70 Å². The van der Waals surface area contributed by atoms with Gasteiger partial charge in [-0.1, -0.05) is 12.2 Å². The maximum atomic E-state index is 12.3. The zero-order chi connectivity index (χ0) is 18.4. The lowest BCUT2D eigenvalue weighted by Gasteiger charge is -2.38. The number of fused-ring (bicyclic) bond motifs is 1. The molecule has 3 heterocycles. The first-order valence-corrected chi connectivity index (χ1v) is 8.93. The van der Waals surface area contributed by atoms with Gasteiger partial charge in [0.25, 0.3) is 0 Å². The van der Waals surface area contributed by atoms with Gasteiger partial charge in [-0.15, -0.1) is 0 Å². The maximum Gasteiger partial charge on any atom is 0.469 e. The fourth-order valence-corrected chi connectivity index (χ4v) is 3.40. The van der Waals surface area contributed by atoms with E-state index in [1.54, 1.807) is 12.2 Å². The van der Waals surface area contributed by atoms with Crippen LogP contribution >= 0.6 is 7.82 Å². The van der Waals surface area contributed by atoms with E-state index in [1.165, 1.54) is 11.0 Å². The van der Waals surface area contributed by atoms with Crippen molar-refractivity contribution >= 4 is 19.8 Å². The molecule has 0 saturated carbocycles. The number of hydrogen-bond donors (Lipinski definition) is 5. The summed E-state index contributed by atoms with van der Waals surface area (Å²) < 4.78 is 20.5. The Kier molecular flexibility index (Phi) is 4.82. The SMILES string of the molecule is O=C1NC(=O)N2CC=CC=C2C1[C@@H]1O[C@H](COP(=O)(O)O)[C@@H](O)[C@H]1O. The van der Waals surface area contributed by atoms with Gasteiger partial charge in [0, 0.05) is 12.2 Å². The van der Waals surface area contributed by atoms with Crippen LogP contribution in [0.1, 0.15) is 0 Å². The molecule has 2 fully saturated rings. The number of amides is 3. The molecule has 3 amide bonds. The average Bonchev–Trinajstić information content (AvgIpc) is 2.81. The minimum absolute atomic E-state index is 0.234. The molecule has 0 aliphatic carbocycles. The summed E-state index contributed by atoms with van der Waals surface area (Å²) in [5.74, 6) is -1.78. The van der Waals surface area contributed by atoms with Gasteiger partial charge in [0.1, 0.15) is 30.3 Å². The molecule has 25 heavy (non-hydrogen) atoms. The quantitative estimate of drug-likeness (QED) is 0.356. The fraction of sp³-hybridized carbons (Fsp3) is 0.538. The van der Waals surface area contributed by atoms with Crippen molar-refractivity contribution in [1.82, 2.24) is 10.2 Å². The molecule has 3 aliphatic rings. The van der Waals surface area contributed by atoms with Crippen molar-refractivity contribution in [3.8, 4) is 0 Å². The van der Waals surface area contributed by atoms with E-state index in [4.69, 9.17) is 14.5 Å². The van der Waals surface area contributed by atoms with Crippen LogP contribution in [0, 0.1) is 5.92 Å². The first kappa shape index (κ1) is 18.2. The number of phosphoric ester groups is 1. The molecule has 11 nitrogen and oxygen atoms in total. The zero-order valence-electron chi connectivity index (χ0n) is 12.8. The van der Waals surface area contributed by atoms with Crippen LogP contribution in [-0.4, -0.2) is 74.4 Å². The van der Waals surface area contributed by atoms with E-state index in [0.717, 1.165) is 0 Å². The zero-order valence-corrected chi connectivity index (χ0v) is 13.7. The molecule has 3 rings (SSSR count). The molecule has 12 heteroatoms. The number of nitrogens with zero attached hydrogens (tertiary/aromatic N) is 1. The van der Waals surface area contributed by atoms with Gasteiger partial charge in [-0.05, 0) is 6.08 Å². The van der Waals surface area contributed by atoms with Crippen LogP contribution in [-0.2, 0) is 18.6 Å². The van der Waals surface area contributed by atoms with Crippen molar-refractivity contribution in [2.75, 3.05) is 13.2 Å². The van der Waals surface area contributed by atoms with Crippen molar-refractivity contribution in [3.05, 3.63) is 23.9 Å². The minimum Gasteiger partial charge on any atom is -0.388 e. The Morgan fingerprint density at radius 3 is 2.72 bits per heavy atom. The largest absolute Gasteiger partial charge is 0.469 e. The Labute approximate surface area is 141 Å². The molecular weight excluding hydrogens is 359 g/mol. The number of aliphatic hydroxyl groups is 2. The molecule has 0 aromatic heterocycles. The van der Waals surface area contributed by atoms with E-state index in [9.17, 15) is 24.4 Å². The van der Waals surface area contributed by atoms with Crippen molar-refractivity contribution < 1.29 is 43.4 Å². The molecule has 2 saturated heterocycles. The Balaban J connectivity index is 1.81. The lowest BCUT2D eigenvalue weighted by atomic mass is 9.89. The van der Waals surface area contributed by atoms with Gasteiger partial charge >= 0.3 is 13.9 Å². The number of aliphatic hydroxyl groups excluding tert-OH is 2. The number of nitrogens with one attached hydrogen (secondary N) is 1. The van der Waals surface area contributed by atoms with E-state index < -0.39 is 56.7 Å². The van der Waals surface area contributed by atoms with Gasteiger partial charge in [0.05, 0.1) is 6.61 Å². The second-order valence-electron chi connectivity index (χ2n) is 5.81. The Hall–Kier alpha value is -1.59. The summed E-state index contributed by atoms with van der Waals surface area (Å²) in [4.78, 5) is 42.9. The standard InChI is InChI=1S/C13H17N2O9P/c16-9-7(5-23-25(20,21)22)24-11(10(9)17)8-6-3-1-2-4-15(6)13(19)14-12(8)18/h1-3,7-11,16-17H,4-5H2,(H,14,18,19)(H2,20,21,22)/t7-,8?,9-,10-,11+/m1/s1. The monoisotopic (exact) mass is 376 g/mol. The average molecular weight is 376 g/mol. The van der Waals surface area contributed by atoms with Gasteiger partial charge in [-0.25, -0.2) is 9.36 Å². The van der Waals surface area contributed by atoms with Crippen molar-refractivity contribution in [2.45, 2.75) is 24.4 Å². The Bertz CT molecular complexity index is 687. The second kappa shape index (κ2) is 6.61. The van der Waals surface area contributed by atoms with Gasteiger partial charge < -0.3 is 24.7 Å². The molecule has 0 aromatic rings. The van der Waals surface area contributed by atoms with E-state index in [1.807, 2.05) is 0 Å². The summed E-state index contributed by atoms with van der Waals surface area (Å²) in [6.45, 7) is -0.438. The number of imide groups is 1. The summed E-state index contributed by atoms with van der Waals surface area (Å²) in [5, 5.41) is 22.4. The number of rotatable bonds is 4. The third-order valence-electron chi connectivity index (χ3n) is 4.21. The third-order valence-corrected chi connectivity index (χ3v) is 4.70. The summed E-state index contributed by atoms with van der Waals surface area (Å²) in [6, 6.07) is -0.605. The molecule has 5 N–H and O–H groups in total. The number of urea groups is 1. The van der Waals surface area contributed by atoms with Crippen LogP contribution < -0.4 is 5.32 Å². The number of hydrogen-bond acceptors (Lipinski definition) is 7. The van der Waals surface area contributed by atoms with Crippen molar-refractivity contribution in [3.63, 3.8) is 0 Å². The highest BCUT2D eigenvalue weighted by Crippen LogP contribution is 2.39. The molecule has 0 bridgehead atoms. The van der Waals surface area contributed by atoms with Gasteiger partial charge in [-0.2, -0.15) is 0 Å². The van der Waals surface area contributed by atoms with E-state index in [2.05, 4.69) is 9.84 Å². The first-order valence-electron chi connectivity index (χ1n) is 7.40. The Morgan fingerprint density at radius 2 is 2.04 bits per heavy atom. The first-order chi connectivity index (χ1) is 11.7. The predicted octanol–water partition coefficient (Wildman–Crippen LogP) is -1.79. The molecule has 1 unspecified atom stereocenters.